The fourth-order valence-electron chi connectivity index (χ4n) is 9.70. The van der Waals surface area contributed by atoms with Crippen LogP contribution in [0.3, 0.4) is 0 Å². The molecule has 2 unspecified atom stereocenters. The molecule has 87 heavy (non-hydrogen) atoms. The summed E-state index contributed by atoms with van der Waals surface area (Å²) in [7, 11) is -9.91. The van der Waals surface area contributed by atoms with E-state index < -0.39 is 97.5 Å². The summed E-state index contributed by atoms with van der Waals surface area (Å²) in [6.45, 7) is 9.35. The second-order valence-electron chi connectivity index (χ2n) is 24.8. The van der Waals surface area contributed by atoms with Crippen LogP contribution in [0.25, 0.3) is 0 Å². The molecule has 0 bridgehead atoms. The highest BCUT2D eigenvalue weighted by atomic mass is 31.2. The van der Waals surface area contributed by atoms with E-state index in [0.717, 1.165) is 115 Å². The summed E-state index contributed by atoms with van der Waals surface area (Å²) in [6, 6.07) is 0. The minimum atomic E-state index is -4.96. The van der Waals surface area contributed by atoms with Crippen molar-refractivity contribution < 1.29 is 80.2 Å². The third kappa shape index (κ3) is 62.1. The van der Waals surface area contributed by atoms with Crippen LogP contribution in [-0.4, -0.2) is 96.7 Å². The topological polar surface area (TPSA) is 237 Å². The Morgan fingerprint density at radius 1 is 0.356 bits per heavy atom. The van der Waals surface area contributed by atoms with Crippen LogP contribution < -0.4 is 0 Å². The van der Waals surface area contributed by atoms with Crippen LogP contribution in [0.5, 0.6) is 0 Å². The largest absolute Gasteiger partial charge is 0.472 e. The standard InChI is InChI=1S/C68H128O17P2/c1-7-9-11-13-15-17-19-20-21-22-24-28-33-41-47-53-68(73)84-63(56-78-65(70)50-44-38-31-29-25-26-30-36-42-48-60(3)4)58-82-86(74,75)80-54-62(69)55-81-87(76,77)83-59-64(57-79-66(71)51-45-39-35-34-37-43-49-61(5)6)85-67(72)52-46-40-32-27-23-18-16-14-12-10-8-2/h17,19-21,60-64,69H,7-16,18,22-59H2,1-6H3,(H,74,75)(H,76,77)/b19-17-,21-20-/t62-,63-,64-/m1/s1. The van der Waals surface area contributed by atoms with Gasteiger partial charge in [-0.2, -0.15) is 0 Å². The summed E-state index contributed by atoms with van der Waals surface area (Å²) in [5, 5.41) is 10.6. The number of rotatable bonds is 65. The zero-order valence-corrected chi connectivity index (χ0v) is 57.6. The molecular weight excluding hydrogens is 1150 g/mol. The maximum atomic E-state index is 13.0. The molecule has 0 aromatic carbocycles. The Labute approximate surface area is 529 Å². The highest BCUT2D eigenvalue weighted by molar-refractivity contribution is 7.47. The lowest BCUT2D eigenvalue weighted by Crippen LogP contribution is -2.30. The summed E-state index contributed by atoms with van der Waals surface area (Å²) >= 11 is 0. The van der Waals surface area contributed by atoms with E-state index in [2.05, 4.69) is 65.8 Å². The number of unbranched alkanes of at least 4 members (excludes halogenated alkanes) is 32. The Morgan fingerprint density at radius 2 is 0.621 bits per heavy atom. The molecule has 0 heterocycles. The van der Waals surface area contributed by atoms with Crippen molar-refractivity contribution >= 4 is 39.5 Å². The van der Waals surface area contributed by atoms with E-state index in [1.54, 1.807) is 0 Å². The first kappa shape index (κ1) is 84.5. The van der Waals surface area contributed by atoms with Gasteiger partial charge in [0.05, 0.1) is 26.4 Å². The van der Waals surface area contributed by atoms with Crippen molar-refractivity contribution in [2.75, 3.05) is 39.6 Å². The molecule has 0 radical (unpaired) electrons. The van der Waals surface area contributed by atoms with Gasteiger partial charge in [0.15, 0.2) is 12.2 Å². The van der Waals surface area contributed by atoms with Gasteiger partial charge in [-0.15, -0.1) is 0 Å². The number of allylic oxidation sites excluding steroid dienone is 4. The molecule has 3 N–H and O–H groups in total. The number of carbonyl (C=O) groups is 4. The molecule has 0 spiro atoms. The van der Waals surface area contributed by atoms with E-state index in [1.165, 1.54) is 116 Å². The molecule has 0 aromatic rings. The molecule has 17 nitrogen and oxygen atoms in total. The fraction of sp³-hybridized carbons (Fsp3) is 0.882. The van der Waals surface area contributed by atoms with Gasteiger partial charge in [0.2, 0.25) is 0 Å². The van der Waals surface area contributed by atoms with E-state index in [9.17, 15) is 43.2 Å². The van der Waals surface area contributed by atoms with Gasteiger partial charge in [-0.05, 0) is 63.2 Å². The lowest BCUT2D eigenvalue weighted by molar-refractivity contribution is -0.161. The van der Waals surface area contributed by atoms with E-state index in [0.29, 0.717) is 31.6 Å². The molecule has 0 fully saturated rings. The highest BCUT2D eigenvalue weighted by Gasteiger charge is 2.30. The second kappa shape index (κ2) is 59.8. The number of aliphatic hydroxyl groups excluding tert-OH is 1. The monoisotopic (exact) mass is 1280 g/mol. The lowest BCUT2D eigenvalue weighted by atomic mass is 10.0. The van der Waals surface area contributed by atoms with Crippen LogP contribution in [0.1, 0.15) is 318 Å². The molecule has 0 saturated heterocycles. The van der Waals surface area contributed by atoms with Gasteiger partial charge in [-0.25, -0.2) is 9.13 Å². The van der Waals surface area contributed by atoms with Crippen LogP contribution in [0.4, 0.5) is 0 Å². The number of esters is 4. The van der Waals surface area contributed by atoms with E-state index in [1.807, 2.05) is 0 Å². The number of aliphatic hydroxyl groups is 1. The van der Waals surface area contributed by atoms with Crippen LogP contribution in [0.15, 0.2) is 24.3 Å². The molecule has 0 aliphatic carbocycles. The molecule has 0 aliphatic heterocycles. The normalized spacial score (nSPS) is 14.4. The highest BCUT2D eigenvalue weighted by Crippen LogP contribution is 2.45. The lowest BCUT2D eigenvalue weighted by Gasteiger charge is -2.21. The molecule has 19 heteroatoms. The Morgan fingerprint density at radius 3 is 0.943 bits per heavy atom. The van der Waals surface area contributed by atoms with Crippen LogP contribution >= 0.6 is 15.6 Å². The summed E-state index contributed by atoms with van der Waals surface area (Å²) < 4.78 is 68.1. The smallest absolute Gasteiger partial charge is 0.462 e. The number of phosphoric ester groups is 2. The Kier molecular flexibility index (Phi) is 58.1. The quantitative estimate of drug-likeness (QED) is 0.0169. The molecule has 0 rings (SSSR count). The minimum absolute atomic E-state index is 0.0843. The van der Waals surface area contributed by atoms with Crippen molar-refractivity contribution in [2.45, 2.75) is 336 Å². The fourth-order valence-corrected chi connectivity index (χ4v) is 11.3. The van der Waals surface area contributed by atoms with Gasteiger partial charge in [-0.1, -0.05) is 265 Å². The van der Waals surface area contributed by atoms with E-state index >= 15 is 0 Å². The molecular formula is C68H128O17P2. The number of phosphoric acid groups is 2. The summed E-state index contributed by atoms with van der Waals surface area (Å²) in [6.07, 6.45) is 46.7. The van der Waals surface area contributed by atoms with Crippen molar-refractivity contribution in [3.63, 3.8) is 0 Å². The predicted molar refractivity (Wildman–Crippen MR) is 349 cm³/mol. The molecule has 0 aromatic heterocycles. The maximum Gasteiger partial charge on any atom is 0.472 e. The van der Waals surface area contributed by atoms with E-state index in [-0.39, 0.29) is 25.7 Å². The van der Waals surface area contributed by atoms with Crippen molar-refractivity contribution in [2.24, 2.45) is 11.8 Å². The zero-order valence-electron chi connectivity index (χ0n) is 55.8. The van der Waals surface area contributed by atoms with Crippen molar-refractivity contribution in [1.29, 1.82) is 0 Å². The number of ether oxygens (including phenoxy) is 4. The van der Waals surface area contributed by atoms with Crippen molar-refractivity contribution in [3.8, 4) is 0 Å². The maximum absolute atomic E-state index is 13.0. The average molecular weight is 1280 g/mol. The summed E-state index contributed by atoms with van der Waals surface area (Å²) in [5.41, 5.74) is 0. The first-order valence-electron chi connectivity index (χ1n) is 34.8. The molecule has 0 amide bonds. The van der Waals surface area contributed by atoms with Gasteiger partial charge >= 0.3 is 39.5 Å². The zero-order chi connectivity index (χ0) is 64.3. The predicted octanol–water partition coefficient (Wildman–Crippen LogP) is 18.8. The van der Waals surface area contributed by atoms with Gasteiger partial charge in [-0.3, -0.25) is 37.3 Å². The average Bonchev–Trinajstić information content (AvgIpc) is 3.69. The Bertz CT molecular complexity index is 1790. The number of carbonyl (C=O) groups excluding carboxylic acids is 4. The first-order chi connectivity index (χ1) is 41.9. The SMILES string of the molecule is CCCCCC/C=C\C=C/CCCCCCCC(=O)O[C@H](COC(=O)CCCCCCCCCCCC(C)C)COP(=O)(O)OC[C@@H](O)COP(=O)(O)OC[C@@H](COC(=O)CCCCCCCCC(C)C)OC(=O)CCCCCCCCCCCCC. The number of hydrogen-bond donors (Lipinski definition) is 3. The second-order valence-corrected chi connectivity index (χ2v) is 27.7. The van der Waals surface area contributed by atoms with Gasteiger partial charge in [0, 0.05) is 25.7 Å². The van der Waals surface area contributed by atoms with E-state index in [4.69, 9.17) is 37.0 Å². The number of hydrogen-bond acceptors (Lipinski definition) is 15. The summed E-state index contributed by atoms with van der Waals surface area (Å²) in [5.74, 6) is -0.741. The van der Waals surface area contributed by atoms with Gasteiger partial charge in [0.1, 0.15) is 19.3 Å². The van der Waals surface area contributed by atoms with Gasteiger partial charge in [0.25, 0.3) is 0 Å². The van der Waals surface area contributed by atoms with Gasteiger partial charge < -0.3 is 33.8 Å². The van der Waals surface area contributed by atoms with Crippen molar-refractivity contribution in [1.82, 2.24) is 0 Å². The van der Waals surface area contributed by atoms with Crippen LogP contribution in [0.2, 0.25) is 0 Å². The van der Waals surface area contributed by atoms with Crippen LogP contribution in [0, 0.1) is 11.8 Å². The third-order valence-electron chi connectivity index (χ3n) is 15.1. The minimum Gasteiger partial charge on any atom is -0.462 e. The molecule has 512 valence electrons. The Balaban J connectivity index is 5.28. The molecule has 0 saturated carbocycles. The van der Waals surface area contributed by atoms with Crippen LogP contribution in [-0.2, 0) is 65.4 Å². The molecule has 0 aliphatic rings. The van der Waals surface area contributed by atoms with Crippen molar-refractivity contribution in [3.05, 3.63) is 24.3 Å². The first-order valence-corrected chi connectivity index (χ1v) is 37.8. The third-order valence-corrected chi connectivity index (χ3v) is 17.0. The molecule has 5 atom stereocenters. The summed E-state index contributed by atoms with van der Waals surface area (Å²) in [4.78, 5) is 72.4. The Hall–Kier alpha value is -2.46.